The Bertz CT molecular complexity index is 655. The highest BCUT2D eigenvalue weighted by Gasteiger charge is 2.14. The van der Waals surface area contributed by atoms with Gasteiger partial charge in [0.15, 0.2) is 0 Å². The van der Waals surface area contributed by atoms with Gasteiger partial charge in [0.2, 0.25) is 0 Å². The molecule has 4 heteroatoms. The number of hydrogen-bond acceptors (Lipinski definition) is 2. The van der Waals surface area contributed by atoms with E-state index in [4.69, 9.17) is 0 Å². The summed E-state index contributed by atoms with van der Waals surface area (Å²) in [4.78, 5) is 14.2. The van der Waals surface area contributed by atoms with Gasteiger partial charge < -0.3 is 10.2 Å². The lowest BCUT2D eigenvalue weighted by Crippen LogP contribution is -2.26. The van der Waals surface area contributed by atoms with Gasteiger partial charge in [0, 0.05) is 36.4 Å². The highest BCUT2D eigenvalue weighted by molar-refractivity contribution is 9.10. The van der Waals surface area contributed by atoms with E-state index in [0.29, 0.717) is 12.1 Å². The normalized spacial score (nSPS) is 10.3. The van der Waals surface area contributed by atoms with Crippen LogP contribution >= 0.6 is 15.9 Å². The number of anilines is 1. The van der Waals surface area contributed by atoms with E-state index >= 15 is 0 Å². The van der Waals surface area contributed by atoms with Gasteiger partial charge in [-0.15, -0.1) is 0 Å². The minimum atomic E-state index is 0.0245. The Labute approximate surface area is 134 Å². The molecule has 0 spiro atoms. The largest absolute Gasteiger partial charge is 0.388 e. The molecule has 0 radical (unpaired) electrons. The monoisotopic (exact) mass is 346 g/mol. The van der Waals surface area contributed by atoms with Crippen LogP contribution in [-0.2, 0) is 6.54 Å². The van der Waals surface area contributed by atoms with Gasteiger partial charge in [0.25, 0.3) is 5.91 Å². The van der Waals surface area contributed by atoms with E-state index in [1.54, 1.807) is 4.90 Å². The summed E-state index contributed by atoms with van der Waals surface area (Å²) in [6.45, 7) is 2.57. The lowest BCUT2D eigenvalue weighted by atomic mass is 10.1. The van der Waals surface area contributed by atoms with Crippen molar-refractivity contribution in [3.63, 3.8) is 0 Å². The molecule has 110 valence electrons. The zero-order valence-electron chi connectivity index (χ0n) is 12.5. The standard InChI is InChI=1S/C17H19BrN2O/c1-12-10-13(8-9-16(12)19-2)17(21)20(3)11-14-6-4-5-7-15(14)18/h4-10,19H,11H2,1-3H3. The van der Waals surface area contributed by atoms with Crippen molar-refractivity contribution in [2.45, 2.75) is 13.5 Å². The summed E-state index contributed by atoms with van der Waals surface area (Å²) in [6, 6.07) is 13.7. The molecule has 0 aromatic heterocycles. The molecule has 0 heterocycles. The van der Waals surface area contributed by atoms with Crippen molar-refractivity contribution in [1.29, 1.82) is 0 Å². The number of halogens is 1. The highest BCUT2D eigenvalue weighted by atomic mass is 79.9. The molecule has 2 rings (SSSR count). The van der Waals surface area contributed by atoms with E-state index in [1.807, 2.05) is 63.5 Å². The maximum absolute atomic E-state index is 12.5. The quantitative estimate of drug-likeness (QED) is 0.904. The fourth-order valence-corrected chi connectivity index (χ4v) is 2.66. The molecule has 3 nitrogen and oxygen atoms in total. The smallest absolute Gasteiger partial charge is 0.253 e. The third-order valence-corrected chi connectivity index (χ3v) is 4.23. The number of benzene rings is 2. The summed E-state index contributed by atoms with van der Waals surface area (Å²) in [7, 11) is 3.70. The fourth-order valence-electron chi connectivity index (χ4n) is 2.25. The number of nitrogens with zero attached hydrogens (tertiary/aromatic N) is 1. The zero-order valence-corrected chi connectivity index (χ0v) is 14.1. The molecule has 0 fully saturated rings. The molecule has 1 amide bonds. The van der Waals surface area contributed by atoms with E-state index in [2.05, 4.69) is 21.2 Å². The summed E-state index contributed by atoms with van der Waals surface area (Å²) >= 11 is 3.51. The molecule has 2 aromatic carbocycles. The number of rotatable bonds is 4. The maximum atomic E-state index is 12.5. The second-order valence-electron chi connectivity index (χ2n) is 5.03. The summed E-state index contributed by atoms with van der Waals surface area (Å²) in [6.07, 6.45) is 0. The van der Waals surface area contributed by atoms with Gasteiger partial charge >= 0.3 is 0 Å². The first kappa shape index (κ1) is 15.6. The van der Waals surface area contributed by atoms with E-state index in [1.165, 1.54) is 0 Å². The third-order valence-electron chi connectivity index (χ3n) is 3.45. The Morgan fingerprint density at radius 2 is 1.95 bits per heavy atom. The predicted molar refractivity (Wildman–Crippen MR) is 90.7 cm³/mol. The molecule has 0 aliphatic rings. The van der Waals surface area contributed by atoms with Crippen molar-refractivity contribution in [2.75, 3.05) is 19.4 Å². The van der Waals surface area contributed by atoms with E-state index in [0.717, 1.165) is 21.3 Å². The van der Waals surface area contributed by atoms with E-state index < -0.39 is 0 Å². The first-order valence-corrected chi connectivity index (χ1v) is 7.59. The van der Waals surface area contributed by atoms with Gasteiger partial charge in [-0.1, -0.05) is 34.1 Å². The van der Waals surface area contributed by atoms with Crippen LogP contribution in [0.2, 0.25) is 0 Å². The topological polar surface area (TPSA) is 32.3 Å². The van der Waals surface area contributed by atoms with E-state index in [-0.39, 0.29) is 5.91 Å². The Hall–Kier alpha value is -1.81. The summed E-state index contributed by atoms with van der Waals surface area (Å²) in [5, 5.41) is 3.11. The fraction of sp³-hybridized carbons (Fsp3) is 0.235. The van der Waals surface area contributed by atoms with Gasteiger partial charge in [-0.3, -0.25) is 4.79 Å². The number of aryl methyl sites for hydroxylation is 1. The molecule has 1 N–H and O–H groups in total. The van der Waals surface area contributed by atoms with Crippen molar-refractivity contribution in [2.24, 2.45) is 0 Å². The second-order valence-corrected chi connectivity index (χ2v) is 5.89. The molecule has 0 aliphatic carbocycles. The summed E-state index contributed by atoms with van der Waals surface area (Å²) < 4.78 is 1.02. The molecule has 0 saturated heterocycles. The van der Waals surface area contributed by atoms with Crippen molar-refractivity contribution in [3.8, 4) is 0 Å². The van der Waals surface area contributed by atoms with E-state index in [9.17, 15) is 4.79 Å². The predicted octanol–water partition coefficient (Wildman–Crippen LogP) is 4.07. The Balaban J connectivity index is 2.16. The Morgan fingerprint density at radius 3 is 2.57 bits per heavy atom. The van der Waals surface area contributed by atoms with Crippen LogP contribution in [0.5, 0.6) is 0 Å². The van der Waals surface area contributed by atoms with Crippen LogP contribution < -0.4 is 5.32 Å². The van der Waals surface area contributed by atoms with Crippen molar-refractivity contribution >= 4 is 27.5 Å². The molecular formula is C17H19BrN2O. The lowest BCUT2D eigenvalue weighted by molar-refractivity contribution is 0.0785. The third kappa shape index (κ3) is 3.64. The molecule has 0 saturated carbocycles. The Kier molecular flexibility index (Phi) is 5.02. The maximum Gasteiger partial charge on any atom is 0.253 e. The summed E-state index contributed by atoms with van der Waals surface area (Å²) in [5.74, 6) is 0.0245. The average Bonchev–Trinajstić information content (AvgIpc) is 2.48. The van der Waals surface area contributed by atoms with Crippen LogP contribution in [0.15, 0.2) is 46.9 Å². The molecule has 0 aliphatic heterocycles. The first-order chi connectivity index (χ1) is 10.0. The molecule has 2 aromatic rings. The molecule has 0 bridgehead atoms. The summed E-state index contributed by atoms with van der Waals surface area (Å²) in [5.41, 5.74) is 3.91. The Morgan fingerprint density at radius 1 is 1.24 bits per heavy atom. The van der Waals surface area contributed by atoms with Crippen LogP contribution in [0.25, 0.3) is 0 Å². The number of nitrogens with one attached hydrogen (secondary N) is 1. The number of carbonyl (C=O) groups excluding carboxylic acids is 1. The van der Waals surface area contributed by atoms with Crippen molar-refractivity contribution < 1.29 is 4.79 Å². The average molecular weight is 347 g/mol. The molecule has 0 unspecified atom stereocenters. The lowest BCUT2D eigenvalue weighted by Gasteiger charge is -2.19. The minimum absolute atomic E-state index is 0.0245. The van der Waals surface area contributed by atoms with Gasteiger partial charge in [0.05, 0.1) is 0 Å². The number of carbonyl (C=O) groups is 1. The van der Waals surface area contributed by atoms with Crippen LogP contribution in [0, 0.1) is 6.92 Å². The molecule has 21 heavy (non-hydrogen) atoms. The van der Waals surface area contributed by atoms with Crippen LogP contribution in [0.3, 0.4) is 0 Å². The molecular weight excluding hydrogens is 328 g/mol. The second kappa shape index (κ2) is 6.76. The van der Waals surface area contributed by atoms with Gasteiger partial charge in [-0.25, -0.2) is 0 Å². The van der Waals surface area contributed by atoms with Gasteiger partial charge in [0.1, 0.15) is 0 Å². The highest BCUT2D eigenvalue weighted by Crippen LogP contribution is 2.20. The van der Waals surface area contributed by atoms with Gasteiger partial charge in [-0.05, 0) is 42.3 Å². The number of hydrogen-bond donors (Lipinski definition) is 1. The first-order valence-electron chi connectivity index (χ1n) is 6.80. The SMILES string of the molecule is CNc1ccc(C(=O)N(C)Cc2ccccc2Br)cc1C. The van der Waals surface area contributed by atoms with Gasteiger partial charge in [-0.2, -0.15) is 0 Å². The zero-order chi connectivity index (χ0) is 15.4. The number of amides is 1. The van der Waals surface area contributed by atoms with Crippen LogP contribution in [-0.4, -0.2) is 24.9 Å². The van der Waals surface area contributed by atoms with Crippen molar-refractivity contribution in [1.82, 2.24) is 4.90 Å². The minimum Gasteiger partial charge on any atom is -0.388 e. The molecule has 0 atom stereocenters. The van der Waals surface area contributed by atoms with Crippen molar-refractivity contribution in [3.05, 3.63) is 63.6 Å². The van der Waals surface area contributed by atoms with Crippen LogP contribution in [0.1, 0.15) is 21.5 Å². The van der Waals surface area contributed by atoms with Crippen LogP contribution in [0.4, 0.5) is 5.69 Å².